The van der Waals surface area contributed by atoms with Crippen LogP contribution in [0.2, 0.25) is 0 Å². The minimum Gasteiger partial charge on any atom is -0.434 e. The Morgan fingerprint density at radius 1 is 1.35 bits per heavy atom. The summed E-state index contributed by atoms with van der Waals surface area (Å²) in [5.41, 5.74) is 4.09. The van der Waals surface area contributed by atoms with Crippen LogP contribution in [0.5, 0.6) is 5.75 Å². The minimum absolute atomic E-state index is 0.0331. The van der Waals surface area contributed by atoms with Crippen molar-refractivity contribution in [2.75, 3.05) is 5.43 Å². The van der Waals surface area contributed by atoms with Crippen LogP contribution in [0.15, 0.2) is 47.6 Å². The molecule has 0 unspecified atom stereocenters. The number of nitrogens with zero attached hydrogens (tertiary/aromatic N) is 4. The molecule has 1 aromatic heterocycles. The highest BCUT2D eigenvalue weighted by Gasteiger charge is 2.14. The third-order valence-electron chi connectivity index (χ3n) is 3.58. The van der Waals surface area contributed by atoms with Crippen LogP contribution in [-0.4, -0.2) is 27.3 Å². The number of nitro groups is 1. The van der Waals surface area contributed by atoms with Crippen molar-refractivity contribution in [1.29, 1.82) is 0 Å². The topological polar surface area (TPSA) is 94.6 Å². The van der Waals surface area contributed by atoms with E-state index in [-0.39, 0.29) is 17.0 Å². The molecule has 10 heteroatoms. The first-order valence-corrected chi connectivity index (χ1v) is 7.39. The van der Waals surface area contributed by atoms with E-state index in [0.717, 1.165) is 35.4 Å². The number of benzene rings is 2. The highest BCUT2D eigenvalue weighted by molar-refractivity contribution is 5.85. The molecule has 0 amide bonds. The molecule has 134 valence electrons. The van der Waals surface area contributed by atoms with E-state index in [4.69, 9.17) is 0 Å². The predicted octanol–water partition coefficient (Wildman–Crippen LogP) is 3.53. The molecule has 0 spiro atoms. The number of para-hydroxylation sites is 2. The van der Waals surface area contributed by atoms with Gasteiger partial charge in [0, 0.05) is 24.7 Å². The zero-order valence-corrected chi connectivity index (χ0v) is 13.5. The maximum atomic E-state index is 12.5. The van der Waals surface area contributed by atoms with Crippen LogP contribution in [0.1, 0.15) is 5.56 Å². The number of ether oxygens (including phenoxy) is 1. The van der Waals surface area contributed by atoms with Gasteiger partial charge in [-0.15, -0.1) is 0 Å². The third-order valence-corrected chi connectivity index (χ3v) is 3.58. The quantitative estimate of drug-likeness (QED) is 0.412. The number of hydrazone groups is 1. The molecule has 0 saturated carbocycles. The van der Waals surface area contributed by atoms with Gasteiger partial charge in [0.1, 0.15) is 5.75 Å². The van der Waals surface area contributed by atoms with E-state index in [2.05, 4.69) is 20.2 Å². The summed E-state index contributed by atoms with van der Waals surface area (Å²) in [7, 11) is 1.78. The molecule has 0 atom stereocenters. The summed E-state index contributed by atoms with van der Waals surface area (Å²) < 4.78 is 31.1. The van der Waals surface area contributed by atoms with Crippen LogP contribution in [0.3, 0.4) is 0 Å². The number of imidazole rings is 1. The summed E-state index contributed by atoms with van der Waals surface area (Å²) in [4.78, 5) is 14.6. The van der Waals surface area contributed by atoms with Gasteiger partial charge in [0.05, 0.1) is 22.2 Å². The van der Waals surface area contributed by atoms with Crippen molar-refractivity contribution in [1.82, 2.24) is 9.55 Å². The van der Waals surface area contributed by atoms with E-state index >= 15 is 0 Å². The fourth-order valence-corrected chi connectivity index (χ4v) is 2.36. The Bertz CT molecular complexity index is 987. The molecule has 1 N–H and O–H groups in total. The Kier molecular flexibility index (Phi) is 4.74. The normalized spacial score (nSPS) is 11.4. The number of hydrogen-bond donors (Lipinski definition) is 1. The molecule has 0 aliphatic rings. The van der Waals surface area contributed by atoms with E-state index in [9.17, 15) is 18.9 Å². The van der Waals surface area contributed by atoms with Gasteiger partial charge in [0.25, 0.3) is 5.69 Å². The van der Waals surface area contributed by atoms with Gasteiger partial charge in [-0.3, -0.25) is 10.1 Å². The molecule has 2 aromatic carbocycles. The van der Waals surface area contributed by atoms with Crippen molar-refractivity contribution in [3.8, 4) is 5.75 Å². The summed E-state index contributed by atoms with van der Waals surface area (Å²) in [6.07, 6.45) is 1.16. The number of rotatable bonds is 6. The summed E-state index contributed by atoms with van der Waals surface area (Å²) >= 11 is 0. The molecule has 0 aliphatic heterocycles. The van der Waals surface area contributed by atoms with Crippen molar-refractivity contribution < 1.29 is 18.4 Å². The van der Waals surface area contributed by atoms with Crippen LogP contribution in [0.4, 0.5) is 20.4 Å². The standard InChI is InChI=1S/C16H13F2N5O3/c1-22-13-5-3-2-4-12(13)20-16(22)21-19-9-10-8-11(23(24)25)6-7-14(10)26-15(17)18/h2-9,15H,1H3,(H,20,21). The minimum atomic E-state index is -3.06. The second kappa shape index (κ2) is 7.13. The molecular formula is C16H13F2N5O3. The lowest BCUT2D eigenvalue weighted by atomic mass is 10.2. The largest absolute Gasteiger partial charge is 0.434 e. The number of nitro benzene ring substituents is 1. The fraction of sp³-hybridized carbons (Fsp3) is 0.125. The number of fused-ring (bicyclic) bond motifs is 1. The van der Waals surface area contributed by atoms with Crippen molar-refractivity contribution >= 4 is 28.9 Å². The van der Waals surface area contributed by atoms with Crippen molar-refractivity contribution in [2.24, 2.45) is 12.1 Å². The predicted molar refractivity (Wildman–Crippen MR) is 91.7 cm³/mol. The first-order chi connectivity index (χ1) is 12.5. The van der Waals surface area contributed by atoms with Crippen molar-refractivity contribution in [3.63, 3.8) is 0 Å². The average Bonchev–Trinajstić information content (AvgIpc) is 2.92. The van der Waals surface area contributed by atoms with E-state index in [1.807, 2.05) is 24.3 Å². The van der Waals surface area contributed by atoms with Gasteiger partial charge in [-0.2, -0.15) is 13.9 Å². The van der Waals surface area contributed by atoms with Crippen molar-refractivity contribution in [3.05, 3.63) is 58.1 Å². The van der Waals surface area contributed by atoms with E-state index < -0.39 is 11.5 Å². The van der Waals surface area contributed by atoms with Gasteiger partial charge in [-0.1, -0.05) is 12.1 Å². The first kappa shape index (κ1) is 17.3. The summed E-state index contributed by atoms with van der Waals surface area (Å²) in [5.74, 6) is 0.199. The monoisotopic (exact) mass is 361 g/mol. The second-order valence-electron chi connectivity index (χ2n) is 5.21. The van der Waals surface area contributed by atoms with Gasteiger partial charge in [-0.25, -0.2) is 10.4 Å². The van der Waals surface area contributed by atoms with Gasteiger partial charge in [-0.05, 0) is 18.2 Å². The summed E-state index contributed by atoms with van der Waals surface area (Å²) in [5, 5.41) is 14.8. The van der Waals surface area contributed by atoms with Crippen LogP contribution in [0, 0.1) is 10.1 Å². The first-order valence-electron chi connectivity index (χ1n) is 7.39. The highest BCUT2D eigenvalue weighted by Crippen LogP contribution is 2.24. The maximum absolute atomic E-state index is 12.5. The third kappa shape index (κ3) is 3.58. The molecule has 26 heavy (non-hydrogen) atoms. The lowest BCUT2D eigenvalue weighted by Gasteiger charge is -2.07. The number of hydrogen-bond acceptors (Lipinski definition) is 6. The maximum Gasteiger partial charge on any atom is 0.387 e. The molecule has 3 aromatic rings. The van der Waals surface area contributed by atoms with Crippen LogP contribution >= 0.6 is 0 Å². The van der Waals surface area contributed by atoms with Gasteiger partial charge >= 0.3 is 6.61 Å². The number of alkyl halides is 2. The molecule has 0 saturated heterocycles. The lowest BCUT2D eigenvalue weighted by molar-refractivity contribution is -0.384. The van der Waals surface area contributed by atoms with E-state index in [0.29, 0.717) is 5.95 Å². The van der Waals surface area contributed by atoms with Crippen LogP contribution in [-0.2, 0) is 7.05 Å². The number of aryl methyl sites for hydroxylation is 1. The Balaban J connectivity index is 1.87. The van der Waals surface area contributed by atoms with Crippen LogP contribution in [0.25, 0.3) is 11.0 Å². The molecule has 3 rings (SSSR count). The zero-order valence-electron chi connectivity index (χ0n) is 13.5. The molecule has 8 nitrogen and oxygen atoms in total. The molecule has 0 radical (unpaired) electrons. The van der Waals surface area contributed by atoms with Gasteiger partial charge < -0.3 is 9.30 Å². The van der Waals surface area contributed by atoms with E-state index in [1.165, 1.54) is 0 Å². The number of non-ortho nitro benzene ring substituents is 1. The Morgan fingerprint density at radius 2 is 2.12 bits per heavy atom. The second-order valence-corrected chi connectivity index (χ2v) is 5.21. The lowest BCUT2D eigenvalue weighted by Crippen LogP contribution is -2.05. The Morgan fingerprint density at radius 3 is 2.81 bits per heavy atom. The van der Waals surface area contributed by atoms with Gasteiger partial charge in [0.2, 0.25) is 5.95 Å². The Hall–Kier alpha value is -3.56. The number of anilines is 1. The number of halogens is 2. The average molecular weight is 361 g/mol. The summed E-state index contributed by atoms with van der Waals surface area (Å²) in [6, 6.07) is 10.7. The van der Waals surface area contributed by atoms with Gasteiger partial charge in [0.15, 0.2) is 0 Å². The number of nitrogens with one attached hydrogen (secondary N) is 1. The van der Waals surface area contributed by atoms with Crippen molar-refractivity contribution in [2.45, 2.75) is 6.61 Å². The fourth-order valence-electron chi connectivity index (χ4n) is 2.36. The Labute approximate surface area is 145 Å². The highest BCUT2D eigenvalue weighted by atomic mass is 19.3. The van der Waals surface area contributed by atoms with E-state index in [1.54, 1.807) is 11.6 Å². The number of aromatic nitrogens is 2. The molecule has 0 bridgehead atoms. The summed E-state index contributed by atoms with van der Waals surface area (Å²) in [6.45, 7) is -3.06. The molecule has 0 aliphatic carbocycles. The molecular weight excluding hydrogens is 348 g/mol. The zero-order chi connectivity index (χ0) is 18.7. The molecule has 1 heterocycles. The SMILES string of the molecule is Cn1c(NN=Cc2cc([N+](=O)[O-])ccc2OC(F)F)nc2ccccc21. The smallest absolute Gasteiger partial charge is 0.387 e. The van der Waals surface area contributed by atoms with Crippen LogP contribution < -0.4 is 10.2 Å². The molecule has 0 fully saturated rings.